The molecular weight excluding hydrogens is 424 g/mol. The van der Waals surface area contributed by atoms with Crippen molar-refractivity contribution < 1.29 is 28.3 Å². The van der Waals surface area contributed by atoms with Gasteiger partial charge in [0.2, 0.25) is 0 Å². The molecule has 33 heavy (non-hydrogen) atoms. The van der Waals surface area contributed by atoms with Crippen LogP contribution in [0.15, 0.2) is 80.6 Å². The molecule has 1 aliphatic carbocycles. The summed E-state index contributed by atoms with van der Waals surface area (Å²) in [6.07, 6.45) is 7.75. The maximum absolute atomic E-state index is 13.1. The van der Waals surface area contributed by atoms with Gasteiger partial charge in [-0.3, -0.25) is 4.79 Å². The molecule has 2 aromatic heterocycles. The van der Waals surface area contributed by atoms with Gasteiger partial charge in [-0.1, -0.05) is 12.1 Å². The van der Waals surface area contributed by atoms with Gasteiger partial charge in [0, 0.05) is 5.92 Å². The summed E-state index contributed by atoms with van der Waals surface area (Å²) in [5, 5.41) is 15.9. The number of hydrogen-bond donors (Lipinski definition) is 1. The van der Waals surface area contributed by atoms with Gasteiger partial charge in [-0.2, -0.15) is 5.10 Å². The van der Waals surface area contributed by atoms with Gasteiger partial charge in [0.15, 0.2) is 6.61 Å². The lowest BCUT2D eigenvalue weighted by Crippen LogP contribution is -2.34. The number of benzene rings is 1. The highest BCUT2D eigenvalue weighted by Gasteiger charge is 2.45. The van der Waals surface area contributed by atoms with E-state index in [0.717, 1.165) is 36.3 Å². The SMILES string of the molecule is O=C(OCC(=O)N1N=C2/C(=C/c3ccco3)CCCC2C1c1ccco1)c1ccccc1O. The van der Waals surface area contributed by atoms with Crippen molar-refractivity contribution in [1.29, 1.82) is 0 Å². The first-order chi connectivity index (χ1) is 16.1. The molecule has 1 amide bonds. The number of carbonyl (C=O) groups is 2. The van der Waals surface area contributed by atoms with Gasteiger partial charge in [0.1, 0.15) is 28.9 Å². The Morgan fingerprint density at radius 1 is 1.12 bits per heavy atom. The molecule has 8 heteroatoms. The van der Waals surface area contributed by atoms with Crippen LogP contribution in [-0.4, -0.2) is 34.3 Å². The maximum atomic E-state index is 13.1. The number of hydrazone groups is 1. The third-order valence-electron chi connectivity index (χ3n) is 5.90. The monoisotopic (exact) mass is 446 g/mol. The van der Waals surface area contributed by atoms with E-state index >= 15 is 0 Å². The minimum atomic E-state index is -0.779. The zero-order valence-corrected chi connectivity index (χ0v) is 17.7. The lowest BCUT2D eigenvalue weighted by molar-refractivity contribution is -0.137. The number of phenols is 1. The smallest absolute Gasteiger partial charge is 0.342 e. The topological polar surface area (TPSA) is 105 Å². The molecule has 1 saturated carbocycles. The van der Waals surface area contributed by atoms with E-state index in [-0.39, 0.29) is 17.2 Å². The Balaban J connectivity index is 1.40. The van der Waals surface area contributed by atoms with Crippen LogP contribution in [0.25, 0.3) is 6.08 Å². The number of fused-ring (bicyclic) bond motifs is 1. The van der Waals surface area contributed by atoms with E-state index < -0.39 is 24.5 Å². The van der Waals surface area contributed by atoms with Crippen LogP contribution in [0.5, 0.6) is 5.75 Å². The first-order valence-corrected chi connectivity index (χ1v) is 10.8. The van der Waals surface area contributed by atoms with Crippen molar-refractivity contribution in [3.8, 4) is 5.75 Å². The molecule has 8 nitrogen and oxygen atoms in total. The molecule has 168 valence electrons. The van der Waals surface area contributed by atoms with Crippen LogP contribution in [0.1, 0.15) is 47.2 Å². The number of phenolic OH excluding ortho intramolecular Hbond substituents is 1. The van der Waals surface area contributed by atoms with E-state index in [4.69, 9.17) is 13.6 Å². The van der Waals surface area contributed by atoms with Gasteiger partial charge in [0.05, 0.1) is 18.2 Å². The van der Waals surface area contributed by atoms with Gasteiger partial charge in [-0.05, 0) is 67.3 Å². The number of ether oxygens (including phenoxy) is 1. The Kier molecular flexibility index (Phi) is 5.56. The highest BCUT2D eigenvalue weighted by Crippen LogP contribution is 2.44. The summed E-state index contributed by atoms with van der Waals surface area (Å²) in [7, 11) is 0. The maximum Gasteiger partial charge on any atom is 0.342 e. The first-order valence-electron chi connectivity index (χ1n) is 10.8. The average molecular weight is 446 g/mol. The number of amides is 1. The molecule has 1 fully saturated rings. The fourth-order valence-electron chi connectivity index (χ4n) is 4.41. The highest BCUT2D eigenvalue weighted by molar-refractivity contribution is 6.08. The van der Waals surface area contributed by atoms with Gasteiger partial charge in [-0.15, -0.1) is 0 Å². The number of esters is 1. The highest BCUT2D eigenvalue weighted by atomic mass is 16.5. The average Bonchev–Trinajstić information content (AvgIpc) is 3.58. The summed E-state index contributed by atoms with van der Waals surface area (Å²) >= 11 is 0. The van der Waals surface area contributed by atoms with Crippen molar-refractivity contribution in [2.24, 2.45) is 11.0 Å². The predicted octanol–water partition coefficient (Wildman–Crippen LogP) is 4.56. The lowest BCUT2D eigenvalue weighted by atomic mass is 9.79. The Morgan fingerprint density at radius 2 is 1.94 bits per heavy atom. The third-order valence-corrected chi connectivity index (χ3v) is 5.90. The molecule has 1 aromatic carbocycles. The normalized spacial score (nSPS) is 21.0. The van der Waals surface area contributed by atoms with Crippen molar-refractivity contribution in [3.63, 3.8) is 0 Å². The fourth-order valence-corrected chi connectivity index (χ4v) is 4.41. The summed E-state index contributed by atoms with van der Waals surface area (Å²) in [6.45, 7) is -0.509. The Morgan fingerprint density at radius 3 is 2.70 bits per heavy atom. The standard InChI is InChI=1S/C25H22N2O6/c28-20-10-2-1-8-18(20)25(30)33-15-22(29)27-24(21-11-5-13-32-21)19-9-3-6-16(23(19)26-27)14-17-7-4-12-31-17/h1-2,4-5,7-8,10-14,19,24,28H,3,6,9,15H2/b16-14+. The predicted molar refractivity (Wildman–Crippen MR) is 118 cm³/mol. The van der Waals surface area contributed by atoms with Crippen LogP contribution in [-0.2, 0) is 9.53 Å². The van der Waals surface area contributed by atoms with Gasteiger partial charge >= 0.3 is 5.97 Å². The number of carbonyl (C=O) groups excluding carboxylic acids is 2. The number of nitrogens with zero attached hydrogens (tertiary/aromatic N) is 2. The molecule has 0 radical (unpaired) electrons. The molecular formula is C25H22N2O6. The molecule has 1 aliphatic heterocycles. The van der Waals surface area contributed by atoms with E-state index in [0.29, 0.717) is 5.76 Å². The number of allylic oxidation sites excluding steroid dienone is 1. The quantitative estimate of drug-likeness (QED) is 0.576. The largest absolute Gasteiger partial charge is 0.507 e. The molecule has 2 atom stereocenters. The minimum absolute atomic E-state index is 0.00189. The van der Waals surface area contributed by atoms with Crippen molar-refractivity contribution >= 4 is 23.7 Å². The summed E-state index contributed by atoms with van der Waals surface area (Å²) in [4.78, 5) is 25.5. The summed E-state index contributed by atoms with van der Waals surface area (Å²) in [5.41, 5.74) is 1.83. The van der Waals surface area contributed by atoms with Crippen molar-refractivity contribution in [2.45, 2.75) is 25.3 Å². The van der Waals surface area contributed by atoms with Gasteiger partial charge in [0.25, 0.3) is 5.91 Å². The van der Waals surface area contributed by atoms with Crippen molar-refractivity contribution in [2.75, 3.05) is 6.61 Å². The number of furan rings is 2. The Bertz CT molecular complexity index is 1210. The lowest BCUT2D eigenvalue weighted by Gasteiger charge is -2.27. The van der Waals surface area contributed by atoms with Crippen LogP contribution in [0, 0.1) is 5.92 Å². The van der Waals surface area contributed by atoms with Crippen LogP contribution >= 0.6 is 0 Å². The van der Waals surface area contributed by atoms with Crippen LogP contribution in [0.3, 0.4) is 0 Å². The van der Waals surface area contributed by atoms with E-state index in [9.17, 15) is 14.7 Å². The molecule has 2 aliphatic rings. The molecule has 0 bridgehead atoms. The molecule has 1 N–H and O–H groups in total. The van der Waals surface area contributed by atoms with Crippen molar-refractivity contribution in [1.82, 2.24) is 5.01 Å². The summed E-state index contributed by atoms with van der Waals surface area (Å²) in [5.74, 6) is -0.145. The van der Waals surface area contributed by atoms with Crippen LogP contribution in [0.2, 0.25) is 0 Å². The summed E-state index contributed by atoms with van der Waals surface area (Å²) < 4.78 is 16.3. The molecule has 0 saturated heterocycles. The molecule has 3 aromatic rings. The van der Waals surface area contributed by atoms with E-state index in [2.05, 4.69) is 5.10 Å². The van der Waals surface area contributed by atoms with E-state index in [1.165, 1.54) is 17.1 Å². The first kappa shape index (κ1) is 20.8. The van der Waals surface area contributed by atoms with E-state index in [1.54, 1.807) is 30.7 Å². The molecule has 0 spiro atoms. The number of aromatic hydroxyl groups is 1. The second-order valence-corrected chi connectivity index (χ2v) is 7.96. The van der Waals surface area contributed by atoms with Gasteiger partial charge < -0.3 is 18.7 Å². The molecule has 2 unspecified atom stereocenters. The zero-order chi connectivity index (χ0) is 22.8. The zero-order valence-electron chi connectivity index (χ0n) is 17.7. The van der Waals surface area contributed by atoms with Crippen LogP contribution in [0.4, 0.5) is 0 Å². The molecule has 5 rings (SSSR count). The second-order valence-electron chi connectivity index (χ2n) is 7.96. The van der Waals surface area contributed by atoms with Crippen molar-refractivity contribution in [3.05, 3.63) is 83.7 Å². The van der Waals surface area contributed by atoms with E-state index in [1.807, 2.05) is 24.3 Å². The number of hydrogen-bond acceptors (Lipinski definition) is 7. The number of rotatable bonds is 5. The summed E-state index contributed by atoms with van der Waals surface area (Å²) in [6, 6.07) is 12.9. The second kappa shape index (κ2) is 8.82. The Labute approximate surface area is 189 Å². The van der Waals surface area contributed by atoms with Crippen LogP contribution < -0.4 is 0 Å². The van der Waals surface area contributed by atoms with Gasteiger partial charge in [-0.25, -0.2) is 9.80 Å². The minimum Gasteiger partial charge on any atom is -0.507 e. The molecule has 3 heterocycles. The number of para-hydroxylation sites is 1. The third kappa shape index (κ3) is 4.07. The Hall–Kier alpha value is -4.07. The fraction of sp³-hybridized carbons (Fsp3) is 0.240.